The number of rotatable bonds is 5. The molecule has 2 N–H and O–H groups in total. The molecule has 32 heavy (non-hydrogen) atoms. The van der Waals surface area contributed by atoms with Crippen LogP contribution in [0.15, 0.2) is 127 Å². The van der Waals surface area contributed by atoms with Crippen LogP contribution in [0.5, 0.6) is 5.75 Å². The van der Waals surface area contributed by atoms with Crippen molar-refractivity contribution in [2.45, 2.75) is 0 Å². The Labute approximate surface area is 188 Å². The van der Waals surface area contributed by atoms with Crippen molar-refractivity contribution in [3.8, 4) is 39.1 Å². The minimum absolute atomic E-state index is 0.229. The molecule has 5 aromatic rings. The maximum absolute atomic E-state index is 10.5. The van der Waals surface area contributed by atoms with E-state index < -0.39 is 0 Å². The second-order valence-corrected chi connectivity index (χ2v) is 7.72. The van der Waals surface area contributed by atoms with Crippen molar-refractivity contribution < 1.29 is 5.11 Å². The van der Waals surface area contributed by atoms with Gasteiger partial charge in [-0.1, -0.05) is 109 Å². The van der Waals surface area contributed by atoms with Gasteiger partial charge < -0.3 is 10.4 Å². The SMILES string of the molecule is Oc1cc(Nc2c(-c3ccccc3)cccc2-c2ccccc2)cc(-c2ccccc2)c1. The summed E-state index contributed by atoms with van der Waals surface area (Å²) in [4.78, 5) is 0. The molecular weight excluding hydrogens is 390 g/mol. The van der Waals surface area contributed by atoms with Gasteiger partial charge in [0.25, 0.3) is 0 Å². The number of para-hydroxylation sites is 1. The van der Waals surface area contributed by atoms with Crippen LogP contribution < -0.4 is 5.32 Å². The van der Waals surface area contributed by atoms with Crippen LogP contribution in [0.3, 0.4) is 0 Å². The van der Waals surface area contributed by atoms with E-state index in [9.17, 15) is 5.11 Å². The Bertz CT molecular complexity index is 1270. The lowest BCUT2D eigenvalue weighted by Crippen LogP contribution is -1.97. The zero-order valence-electron chi connectivity index (χ0n) is 17.6. The van der Waals surface area contributed by atoms with Gasteiger partial charge in [-0.3, -0.25) is 0 Å². The molecule has 0 saturated heterocycles. The number of aromatic hydroxyl groups is 1. The molecule has 0 saturated carbocycles. The van der Waals surface area contributed by atoms with Gasteiger partial charge >= 0.3 is 0 Å². The molecule has 0 amide bonds. The molecule has 0 spiro atoms. The molecule has 0 aliphatic carbocycles. The van der Waals surface area contributed by atoms with Gasteiger partial charge in [-0.25, -0.2) is 0 Å². The first-order valence-corrected chi connectivity index (χ1v) is 10.7. The summed E-state index contributed by atoms with van der Waals surface area (Å²) in [5.74, 6) is 0.229. The zero-order chi connectivity index (χ0) is 21.8. The maximum atomic E-state index is 10.5. The first kappa shape index (κ1) is 19.7. The van der Waals surface area contributed by atoms with Gasteiger partial charge in [0.15, 0.2) is 0 Å². The highest BCUT2D eigenvalue weighted by Gasteiger charge is 2.13. The molecule has 0 aliphatic heterocycles. The molecule has 0 aromatic heterocycles. The van der Waals surface area contributed by atoms with Gasteiger partial charge in [0, 0.05) is 22.9 Å². The Kier molecular flexibility index (Phi) is 5.42. The molecule has 2 nitrogen and oxygen atoms in total. The first-order chi connectivity index (χ1) is 15.8. The number of phenols is 1. The second kappa shape index (κ2) is 8.83. The Balaban J connectivity index is 1.65. The van der Waals surface area contributed by atoms with Gasteiger partial charge in [-0.15, -0.1) is 0 Å². The van der Waals surface area contributed by atoms with Crippen LogP contribution in [0.4, 0.5) is 11.4 Å². The number of hydrogen-bond acceptors (Lipinski definition) is 2. The number of nitrogens with one attached hydrogen (secondary N) is 1. The van der Waals surface area contributed by atoms with Crippen LogP contribution in [-0.2, 0) is 0 Å². The topological polar surface area (TPSA) is 32.3 Å². The predicted molar refractivity (Wildman–Crippen MR) is 134 cm³/mol. The second-order valence-electron chi connectivity index (χ2n) is 7.72. The van der Waals surface area contributed by atoms with Crippen molar-refractivity contribution in [3.05, 3.63) is 127 Å². The van der Waals surface area contributed by atoms with Crippen LogP contribution >= 0.6 is 0 Å². The number of phenolic OH excluding ortho intramolecular Hbond substituents is 1. The third-order valence-electron chi connectivity index (χ3n) is 5.53. The van der Waals surface area contributed by atoms with Crippen LogP contribution in [0.25, 0.3) is 33.4 Å². The molecule has 0 bridgehead atoms. The van der Waals surface area contributed by atoms with Crippen molar-refractivity contribution in [3.63, 3.8) is 0 Å². The minimum Gasteiger partial charge on any atom is -0.508 e. The van der Waals surface area contributed by atoms with Crippen molar-refractivity contribution in [2.75, 3.05) is 5.32 Å². The van der Waals surface area contributed by atoms with E-state index in [1.807, 2.05) is 42.5 Å². The third kappa shape index (κ3) is 4.12. The highest BCUT2D eigenvalue weighted by atomic mass is 16.3. The van der Waals surface area contributed by atoms with E-state index in [2.05, 4.69) is 78.1 Å². The van der Waals surface area contributed by atoms with Crippen LogP contribution in [0.2, 0.25) is 0 Å². The lowest BCUT2D eigenvalue weighted by atomic mass is 9.95. The predicted octanol–water partition coefficient (Wildman–Crippen LogP) is 8.14. The fraction of sp³-hybridized carbons (Fsp3) is 0. The van der Waals surface area contributed by atoms with E-state index in [1.165, 1.54) is 0 Å². The molecule has 0 unspecified atom stereocenters. The summed E-state index contributed by atoms with van der Waals surface area (Å²) in [5.41, 5.74) is 8.36. The van der Waals surface area contributed by atoms with E-state index in [4.69, 9.17) is 0 Å². The highest BCUT2D eigenvalue weighted by Crippen LogP contribution is 2.40. The molecule has 154 valence electrons. The van der Waals surface area contributed by atoms with E-state index in [0.717, 1.165) is 44.8 Å². The number of anilines is 2. The lowest BCUT2D eigenvalue weighted by Gasteiger charge is -2.18. The monoisotopic (exact) mass is 413 g/mol. The van der Waals surface area contributed by atoms with Gasteiger partial charge in [0.2, 0.25) is 0 Å². The van der Waals surface area contributed by atoms with Crippen molar-refractivity contribution >= 4 is 11.4 Å². The van der Waals surface area contributed by atoms with Gasteiger partial charge in [0.05, 0.1) is 5.69 Å². The van der Waals surface area contributed by atoms with E-state index in [-0.39, 0.29) is 5.75 Å². The molecule has 0 aliphatic rings. The largest absolute Gasteiger partial charge is 0.508 e. The Morgan fingerprint density at radius 2 is 0.938 bits per heavy atom. The van der Waals surface area contributed by atoms with Gasteiger partial charge in [-0.05, 0) is 34.4 Å². The van der Waals surface area contributed by atoms with Gasteiger partial charge in [-0.2, -0.15) is 0 Å². The summed E-state index contributed by atoms with van der Waals surface area (Å²) >= 11 is 0. The van der Waals surface area contributed by atoms with E-state index >= 15 is 0 Å². The summed E-state index contributed by atoms with van der Waals surface area (Å²) in [7, 11) is 0. The molecular formula is C30H23NO. The molecule has 0 radical (unpaired) electrons. The lowest BCUT2D eigenvalue weighted by molar-refractivity contribution is 0.476. The number of benzene rings is 5. The van der Waals surface area contributed by atoms with Crippen LogP contribution in [0, 0.1) is 0 Å². The Morgan fingerprint density at radius 1 is 0.438 bits per heavy atom. The fourth-order valence-electron chi connectivity index (χ4n) is 4.03. The molecule has 2 heteroatoms. The summed E-state index contributed by atoms with van der Waals surface area (Å²) in [6.45, 7) is 0. The highest BCUT2D eigenvalue weighted by molar-refractivity contribution is 5.93. The first-order valence-electron chi connectivity index (χ1n) is 10.7. The number of hydrogen-bond donors (Lipinski definition) is 2. The smallest absolute Gasteiger partial charge is 0.118 e. The van der Waals surface area contributed by atoms with Crippen molar-refractivity contribution in [1.82, 2.24) is 0 Å². The van der Waals surface area contributed by atoms with E-state index in [0.29, 0.717) is 0 Å². The molecule has 0 atom stereocenters. The molecule has 5 rings (SSSR count). The van der Waals surface area contributed by atoms with Crippen LogP contribution in [0.1, 0.15) is 0 Å². The molecule has 5 aromatic carbocycles. The van der Waals surface area contributed by atoms with E-state index in [1.54, 1.807) is 12.1 Å². The summed E-state index contributed by atoms with van der Waals surface area (Å²) in [5, 5.41) is 14.1. The Hall–Kier alpha value is -4.30. The Morgan fingerprint density at radius 3 is 1.47 bits per heavy atom. The minimum atomic E-state index is 0.229. The van der Waals surface area contributed by atoms with Gasteiger partial charge in [0.1, 0.15) is 5.75 Å². The third-order valence-corrected chi connectivity index (χ3v) is 5.53. The summed E-state index contributed by atoms with van der Waals surface area (Å²) in [6.07, 6.45) is 0. The average Bonchev–Trinajstić information content (AvgIpc) is 2.85. The standard InChI is InChI=1S/C30H23NO/c32-27-20-25(22-11-4-1-5-12-22)19-26(21-27)31-30-28(23-13-6-2-7-14-23)17-10-18-29(30)24-15-8-3-9-16-24/h1-21,31-32H. The van der Waals surface area contributed by atoms with Crippen molar-refractivity contribution in [1.29, 1.82) is 0 Å². The maximum Gasteiger partial charge on any atom is 0.118 e. The quantitative estimate of drug-likeness (QED) is 0.305. The molecule has 0 heterocycles. The summed E-state index contributed by atoms with van der Waals surface area (Å²) < 4.78 is 0. The fourth-order valence-corrected chi connectivity index (χ4v) is 4.03. The van der Waals surface area contributed by atoms with Crippen molar-refractivity contribution in [2.24, 2.45) is 0 Å². The average molecular weight is 414 g/mol. The normalized spacial score (nSPS) is 10.6. The summed E-state index contributed by atoms with van der Waals surface area (Å²) in [6, 6.07) is 42.8. The zero-order valence-corrected chi connectivity index (χ0v) is 17.6. The van der Waals surface area contributed by atoms with Crippen LogP contribution in [-0.4, -0.2) is 5.11 Å². The molecule has 0 fully saturated rings.